The van der Waals surface area contributed by atoms with Crippen molar-refractivity contribution in [1.29, 1.82) is 0 Å². The van der Waals surface area contributed by atoms with Crippen molar-refractivity contribution in [3.8, 4) is 0 Å². The average Bonchev–Trinajstić information content (AvgIpc) is 3.21. The lowest BCUT2D eigenvalue weighted by Crippen LogP contribution is -2.66. The van der Waals surface area contributed by atoms with Crippen LogP contribution in [0.2, 0.25) is 0 Å². The first-order valence-electron chi connectivity index (χ1n) is 18.5. The van der Waals surface area contributed by atoms with Gasteiger partial charge in [0.05, 0.1) is 45.7 Å². The lowest BCUT2D eigenvalue weighted by atomic mass is 9.96. The smallest absolute Gasteiger partial charge is 0.217 e. The molecule has 0 bridgehead atoms. The Kier molecular flexibility index (Phi) is 18.9. The van der Waals surface area contributed by atoms with Crippen LogP contribution < -0.4 is 5.32 Å². The topological polar surface area (TPSA) is 447 Å². The quantitative estimate of drug-likeness (QED) is 0.0608. The van der Waals surface area contributed by atoms with Crippen LogP contribution in [0, 0.1) is 0 Å². The molecular formula is C32H57NO26. The van der Waals surface area contributed by atoms with E-state index < -0.39 is 193 Å². The summed E-state index contributed by atoms with van der Waals surface area (Å²) in [7, 11) is 0. The molecule has 59 heavy (non-hydrogen) atoms. The SMILES string of the molecule is CC(=O)N[C@@H](CO)[C@@H](O)[C@H](O[C@@H]1O[C@H](CO[C@H]2O[C@H](CO)[C@@H](O)[C@H](O[C@H]3O[C@H](CO)[C@@H](O)[C@H](O)[C@@H]3O)[C@@H]2O)[C@@H](O)[C@H](O[C@H]2O[C@H](CO)[C@@H](O)[C@H](O)[C@@H]2O)[C@@H]1O)[C@H](O)CO. The van der Waals surface area contributed by atoms with E-state index in [1.807, 2.05) is 0 Å². The highest BCUT2D eigenvalue weighted by atomic mass is 16.8. The minimum Gasteiger partial charge on any atom is -0.394 e. The molecule has 18 N–H and O–H groups in total. The van der Waals surface area contributed by atoms with E-state index in [9.17, 15) is 91.6 Å². The molecule has 0 aliphatic carbocycles. The Morgan fingerprint density at radius 3 is 1.41 bits per heavy atom. The fourth-order valence-electron chi connectivity index (χ4n) is 6.91. The molecule has 0 aromatic rings. The van der Waals surface area contributed by atoms with Crippen molar-refractivity contribution in [1.82, 2.24) is 5.32 Å². The Hall–Kier alpha value is -1.53. The van der Waals surface area contributed by atoms with Crippen LogP contribution in [0.3, 0.4) is 0 Å². The standard InChI is InChI=1S/C32H57NO26/c1-8(39)33-9(2-34)15(41)26(10(40)3-35)57-32-25(51)28(59-31-23(49)21(47)17(43)12(5-37)55-31)19(45)14(56-32)7-52-29-24(50)27(18(44)13(6-38)53-29)58-30-22(48)20(46)16(42)11(4-36)54-30/h9-32,34-38,40-51H,2-7H2,1H3,(H,33,39)/t9-,10+,11+,12+,13+,14+,15+,16+,17+,18+,19+,20-,21-,22-,23-,24-,25-,26+,27-,28-,29-,30+,31+,32-/m0/s1. The fraction of sp³-hybridized carbons (Fsp3) is 0.969. The second-order valence-corrected chi connectivity index (χ2v) is 14.5. The van der Waals surface area contributed by atoms with Crippen LogP contribution in [0.1, 0.15) is 6.92 Å². The molecule has 4 rings (SSSR count). The average molecular weight is 872 g/mol. The van der Waals surface area contributed by atoms with E-state index in [0.717, 1.165) is 6.92 Å². The first-order chi connectivity index (χ1) is 27.8. The van der Waals surface area contributed by atoms with E-state index in [-0.39, 0.29) is 0 Å². The van der Waals surface area contributed by atoms with Gasteiger partial charge < -0.3 is 130 Å². The molecule has 1 amide bonds. The Bertz CT molecular complexity index is 1270. The van der Waals surface area contributed by atoms with Crippen molar-refractivity contribution in [2.24, 2.45) is 0 Å². The third-order valence-electron chi connectivity index (χ3n) is 10.4. The maximum absolute atomic E-state index is 11.7. The van der Waals surface area contributed by atoms with E-state index in [1.54, 1.807) is 0 Å². The van der Waals surface area contributed by atoms with Gasteiger partial charge in [-0.3, -0.25) is 4.79 Å². The number of carbonyl (C=O) groups excluding carboxylic acids is 1. The summed E-state index contributed by atoms with van der Waals surface area (Å²) in [5, 5.41) is 179. The molecule has 24 atom stereocenters. The predicted molar refractivity (Wildman–Crippen MR) is 180 cm³/mol. The van der Waals surface area contributed by atoms with Crippen LogP contribution in [0.4, 0.5) is 0 Å². The summed E-state index contributed by atoms with van der Waals surface area (Å²) < 4.78 is 44.3. The van der Waals surface area contributed by atoms with Gasteiger partial charge in [0.15, 0.2) is 25.2 Å². The Morgan fingerprint density at radius 1 is 0.542 bits per heavy atom. The predicted octanol–water partition coefficient (Wildman–Crippen LogP) is -12.1. The van der Waals surface area contributed by atoms with E-state index in [4.69, 9.17) is 37.9 Å². The summed E-state index contributed by atoms with van der Waals surface area (Å²) in [6, 6.07) is -1.54. The van der Waals surface area contributed by atoms with Gasteiger partial charge in [-0.25, -0.2) is 0 Å². The van der Waals surface area contributed by atoms with Crippen LogP contribution in [0.15, 0.2) is 0 Å². The zero-order chi connectivity index (χ0) is 44.0. The summed E-state index contributed by atoms with van der Waals surface area (Å²) in [4.78, 5) is 11.7. The van der Waals surface area contributed by atoms with E-state index in [0.29, 0.717) is 0 Å². The number of amides is 1. The molecule has 0 spiro atoms. The maximum Gasteiger partial charge on any atom is 0.217 e. The molecule has 4 fully saturated rings. The van der Waals surface area contributed by atoms with Gasteiger partial charge in [-0.05, 0) is 0 Å². The first kappa shape index (κ1) is 50.1. The molecule has 0 aromatic carbocycles. The van der Waals surface area contributed by atoms with Crippen molar-refractivity contribution in [2.75, 3.05) is 39.6 Å². The molecule has 0 aromatic heterocycles. The number of rotatable bonds is 18. The monoisotopic (exact) mass is 871 g/mol. The van der Waals surface area contributed by atoms with Crippen LogP contribution >= 0.6 is 0 Å². The van der Waals surface area contributed by atoms with Crippen molar-refractivity contribution < 1.29 is 130 Å². The summed E-state index contributed by atoms with van der Waals surface area (Å²) in [6.45, 7) is -4.62. The third kappa shape index (κ3) is 11.4. The minimum absolute atomic E-state index is 0.744. The zero-order valence-electron chi connectivity index (χ0n) is 31.4. The number of carbonyl (C=O) groups is 1. The number of aliphatic hydroxyl groups is 17. The number of nitrogens with one attached hydrogen (secondary N) is 1. The molecule has 346 valence electrons. The van der Waals surface area contributed by atoms with Crippen LogP contribution in [-0.2, 0) is 42.7 Å². The van der Waals surface area contributed by atoms with E-state index in [1.165, 1.54) is 0 Å². The van der Waals surface area contributed by atoms with Crippen LogP contribution in [0.5, 0.6) is 0 Å². The number of hydrogen-bond acceptors (Lipinski definition) is 26. The maximum atomic E-state index is 11.7. The number of aliphatic hydroxyl groups excluding tert-OH is 17. The minimum atomic E-state index is -2.22. The normalized spacial score (nSPS) is 45.3. The number of ether oxygens (including phenoxy) is 8. The molecule has 0 radical (unpaired) electrons. The fourth-order valence-corrected chi connectivity index (χ4v) is 6.91. The third-order valence-corrected chi connectivity index (χ3v) is 10.4. The van der Waals surface area contributed by atoms with Crippen LogP contribution in [0.25, 0.3) is 0 Å². The van der Waals surface area contributed by atoms with Crippen molar-refractivity contribution in [3.05, 3.63) is 0 Å². The molecular weight excluding hydrogens is 814 g/mol. The van der Waals surface area contributed by atoms with E-state index >= 15 is 0 Å². The molecule has 0 saturated carbocycles. The summed E-state index contributed by atoms with van der Waals surface area (Å²) in [5.41, 5.74) is 0. The second kappa shape index (κ2) is 22.2. The molecule has 0 unspecified atom stereocenters. The van der Waals surface area contributed by atoms with Gasteiger partial charge >= 0.3 is 0 Å². The van der Waals surface area contributed by atoms with Gasteiger partial charge in [0.2, 0.25) is 5.91 Å². The molecule has 4 saturated heterocycles. The highest BCUT2D eigenvalue weighted by Crippen LogP contribution is 2.33. The Labute approximate surface area is 334 Å². The lowest BCUT2D eigenvalue weighted by Gasteiger charge is -2.48. The van der Waals surface area contributed by atoms with Crippen molar-refractivity contribution in [2.45, 2.75) is 154 Å². The second-order valence-electron chi connectivity index (χ2n) is 14.5. The highest BCUT2D eigenvalue weighted by molar-refractivity contribution is 5.73. The summed E-state index contributed by atoms with van der Waals surface area (Å²) in [5.74, 6) is -0.744. The first-order valence-corrected chi connectivity index (χ1v) is 18.5. The van der Waals surface area contributed by atoms with Crippen molar-refractivity contribution >= 4 is 5.91 Å². The number of hydrogen-bond donors (Lipinski definition) is 18. The Morgan fingerprint density at radius 2 is 0.966 bits per heavy atom. The lowest BCUT2D eigenvalue weighted by molar-refractivity contribution is -0.379. The Balaban J connectivity index is 1.61. The van der Waals surface area contributed by atoms with Gasteiger partial charge in [0.1, 0.15) is 116 Å². The molecule has 4 heterocycles. The van der Waals surface area contributed by atoms with Gasteiger partial charge in [-0.15, -0.1) is 0 Å². The molecule has 4 aliphatic heterocycles. The summed E-state index contributed by atoms with van der Waals surface area (Å²) in [6.07, 6.45) is -44.2. The highest BCUT2D eigenvalue weighted by Gasteiger charge is 2.54. The largest absolute Gasteiger partial charge is 0.394 e. The van der Waals surface area contributed by atoms with Crippen LogP contribution in [-0.4, -0.2) is 280 Å². The molecule has 27 nitrogen and oxygen atoms in total. The van der Waals surface area contributed by atoms with Gasteiger partial charge in [0.25, 0.3) is 0 Å². The van der Waals surface area contributed by atoms with Gasteiger partial charge in [-0.2, -0.15) is 0 Å². The van der Waals surface area contributed by atoms with Crippen molar-refractivity contribution in [3.63, 3.8) is 0 Å². The van der Waals surface area contributed by atoms with E-state index in [2.05, 4.69) is 5.32 Å². The summed E-state index contributed by atoms with van der Waals surface area (Å²) >= 11 is 0. The molecule has 4 aliphatic rings. The molecule has 27 heteroatoms. The van der Waals surface area contributed by atoms with Gasteiger partial charge in [0, 0.05) is 6.92 Å². The van der Waals surface area contributed by atoms with Gasteiger partial charge in [-0.1, -0.05) is 0 Å². The zero-order valence-corrected chi connectivity index (χ0v) is 31.4.